The van der Waals surface area contributed by atoms with Crippen LogP contribution in [0, 0.1) is 11.9 Å². The Morgan fingerprint density at radius 1 is 1.04 bits per heavy atom. The van der Waals surface area contributed by atoms with Crippen molar-refractivity contribution in [3.8, 4) is 11.5 Å². The number of nitrogens with two attached hydrogens (primary N) is 2. The van der Waals surface area contributed by atoms with E-state index in [1.807, 2.05) is 6.07 Å². The zero-order valence-electron chi connectivity index (χ0n) is 13.0. The van der Waals surface area contributed by atoms with Crippen LogP contribution in [-0.2, 0) is 6.54 Å². The Hall–Kier alpha value is -3.55. The smallest absolute Gasteiger partial charge is 0.184 e. The van der Waals surface area contributed by atoms with Gasteiger partial charge in [-0.05, 0) is 18.2 Å². The van der Waals surface area contributed by atoms with Crippen molar-refractivity contribution >= 4 is 22.7 Å². The highest BCUT2D eigenvalue weighted by Gasteiger charge is 2.17. The second-order valence-corrected chi connectivity index (χ2v) is 5.41. The van der Waals surface area contributed by atoms with E-state index in [0.717, 1.165) is 5.39 Å². The van der Waals surface area contributed by atoms with Gasteiger partial charge in [-0.2, -0.15) is 5.10 Å². The van der Waals surface area contributed by atoms with Crippen molar-refractivity contribution in [1.82, 2.24) is 24.7 Å². The zero-order chi connectivity index (χ0) is 17.4. The minimum atomic E-state index is -0.303. The molecule has 1 aromatic carbocycles. The molecule has 3 heterocycles. The minimum Gasteiger partial charge on any atom is -0.383 e. The highest BCUT2D eigenvalue weighted by molar-refractivity contribution is 5.89. The molecule has 8 heteroatoms. The van der Waals surface area contributed by atoms with Crippen molar-refractivity contribution in [3.05, 3.63) is 60.0 Å². The molecule has 4 aromatic rings. The molecular formula is C17H13FN7. The standard InChI is InChI=1S/C17H13FN7/c18-12-6-2-1-4-10(12)9-25-17-11(5-3-7-21-17)15(24-25)16-22-13(19)8-14(20)23-16/h1-7H,9H2,(H4,19,20,22,23). The number of rotatable bonds is 3. The number of anilines is 2. The monoisotopic (exact) mass is 334 g/mol. The highest BCUT2D eigenvalue weighted by atomic mass is 19.1. The van der Waals surface area contributed by atoms with Gasteiger partial charge in [0.2, 0.25) is 0 Å². The first-order valence-electron chi connectivity index (χ1n) is 7.49. The second kappa shape index (κ2) is 5.82. The van der Waals surface area contributed by atoms with Crippen molar-refractivity contribution in [1.29, 1.82) is 0 Å². The van der Waals surface area contributed by atoms with Crippen LogP contribution in [0.25, 0.3) is 22.6 Å². The van der Waals surface area contributed by atoms with Crippen molar-refractivity contribution in [2.45, 2.75) is 6.54 Å². The Morgan fingerprint density at radius 2 is 1.80 bits per heavy atom. The molecule has 0 saturated carbocycles. The van der Waals surface area contributed by atoms with Gasteiger partial charge in [0.25, 0.3) is 0 Å². The predicted octanol–water partition coefficient (Wildman–Crippen LogP) is 2.04. The van der Waals surface area contributed by atoms with Crippen LogP contribution in [-0.4, -0.2) is 24.7 Å². The lowest BCUT2D eigenvalue weighted by molar-refractivity contribution is 0.589. The van der Waals surface area contributed by atoms with E-state index in [-0.39, 0.29) is 29.8 Å². The first-order chi connectivity index (χ1) is 12.1. The fraction of sp³-hybridized carbons (Fsp3) is 0.0588. The molecule has 0 aliphatic rings. The maximum absolute atomic E-state index is 14.0. The average molecular weight is 334 g/mol. The van der Waals surface area contributed by atoms with Gasteiger partial charge in [0, 0.05) is 11.8 Å². The van der Waals surface area contributed by atoms with Crippen molar-refractivity contribution in [3.63, 3.8) is 0 Å². The van der Waals surface area contributed by atoms with Gasteiger partial charge in [-0.3, -0.25) is 0 Å². The summed E-state index contributed by atoms with van der Waals surface area (Å²) in [5.74, 6) is 0.230. The summed E-state index contributed by atoms with van der Waals surface area (Å²) < 4.78 is 15.6. The number of hydrogen-bond acceptors (Lipinski definition) is 6. The van der Waals surface area contributed by atoms with Crippen LogP contribution < -0.4 is 11.5 Å². The Bertz CT molecular complexity index is 1050. The fourth-order valence-corrected chi connectivity index (χ4v) is 2.62. The third-order valence-corrected chi connectivity index (χ3v) is 3.71. The van der Waals surface area contributed by atoms with Crippen LogP contribution in [0.5, 0.6) is 0 Å². The maximum Gasteiger partial charge on any atom is 0.184 e. The molecule has 4 N–H and O–H groups in total. The molecule has 0 atom stereocenters. The molecule has 0 amide bonds. The number of halogens is 1. The number of benzene rings is 1. The fourth-order valence-electron chi connectivity index (χ4n) is 2.62. The molecule has 0 fully saturated rings. The van der Waals surface area contributed by atoms with Crippen LogP contribution in [0.1, 0.15) is 5.56 Å². The van der Waals surface area contributed by atoms with Crippen LogP contribution in [0.2, 0.25) is 0 Å². The molecule has 7 nitrogen and oxygen atoms in total. The molecular weight excluding hydrogens is 321 g/mol. The summed E-state index contributed by atoms with van der Waals surface area (Å²) in [6.45, 7) is 0.226. The highest BCUT2D eigenvalue weighted by Crippen LogP contribution is 2.26. The molecule has 0 aliphatic heterocycles. The van der Waals surface area contributed by atoms with Crippen LogP contribution in [0.15, 0.2) is 42.6 Å². The lowest BCUT2D eigenvalue weighted by Crippen LogP contribution is -2.05. The predicted molar refractivity (Wildman–Crippen MR) is 91.7 cm³/mol. The topological polar surface area (TPSA) is 109 Å². The third-order valence-electron chi connectivity index (χ3n) is 3.71. The summed E-state index contributed by atoms with van der Waals surface area (Å²) >= 11 is 0. The van der Waals surface area contributed by atoms with E-state index >= 15 is 0 Å². The lowest BCUT2D eigenvalue weighted by Gasteiger charge is -2.04. The van der Waals surface area contributed by atoms with E-state index in [2.05, 4.69) is 26.1 Å². The van der Waals surface area contributed by atoms with E-state index in [0.29, 0.717) is 16.9 Å². The second-order valence-electron chi connectivity index (χ2n) is 5.41. The summed E-state index contributed by atoms with van der Waals surface area (Å²) in [5, 5.41) is 5.24. The molecule has 3 aromatic heterocycles. The van der Waals surface area contributed by atoms with Gasteiger partial charge < -0.3 is 11.5 Å². The Morgan fingerprint density at radius 3 is 2.56 bits per heavy atom. The van der Waals surface area contributed by atoms with Gasteiger partial charge in [0.15, 0.2) is 11.5 Å². The molecule has 0 saturated heterocycles. The summed E-state index contributed by atoms with van der Waals surface area (Å²) in [7, 11) is 0. The molecule has 0 spiro atoms. The molecule has 123 valence electrons. The number of nitrogen functional groups attached to an aromatic ring is 2. The minimum absolute atomic E-state index is 0.128. The maximum atomic E-state index is 14.0. The quantitative estimate of drug-likeness (QED) is 0.593. The van der Waals surface area contributed by atoms with E-state index in [1.165, 1.54) is 6.07 Å². The van der Waals surface area contributed by atoms with Gasteiger partial charge >= 0.3 is 0 Å². The molecule has 0 bridgehead atoms. The SMILES string of the molecule is Nc1[c]c(N)nc(-c2nn(Cc3ccccc3F)c3ncccc23)n1. The van der Waals surface area contributed by atoms with Gasteiger partial charge in [-0.15, -0.1) is 0 Å². The number of nitrogens with zero attached hydrogens (tertiary/aromatic N) is 5. The zero-order valence-corrected chi connectivity index (χ0v) is 13.0. The van der Waals surface area contributed by atoms with E-state index in [9.17, 15) is 4.39 Å². The first kappa shape index (κ1) is 15.0. The largest absolute Gasteiger partial charge is 0.383 e. The Balaban J connectivity index is 1.88. The summed E-state index contributed by atoms with van der Waals surface area (Å²) in [6, 6.07) is 12.8. The molecule has 25 heavy (non-hydrogen) atoms. The summed E-state index contributed by atoms with van der Waals surface area (Å²) in [4.78, 5) is 12.6. The van der Waals surface area contributed by atoms with E-state index in [1.54, 1.807) is 35.1 Å². The van der Waals surface area contributed by atoms with Crippen molar-refractivity contribution in [2.75, 3.05) is 11.5 Å². The lowest BCUT2D eigenvalue weighted by atomic mass is 10.2. The van der Waals surface area contributed by atoms with Gasteiger partial charge in [-0.1, -0.05) is 18.2 Å². The van der Waals surface area contributed by atoms with Crippen LogP contribution in [0.3, 0.4) is 0 Å². The van der Waals surface area contributed by atoms with Crippen LogP contribution >= 0.6 is 0 Å². The van der Waals surface area contributed by atoms with Crippen molar-refractivity contribution in [2.24, 2.45) is 0 Å². The Kier molecular flexibility index (Phi) is 3.50. The summed E-state index contributed by atoms with van der Waals surface area (Å²) in [6.07, 6.45) is 1.65. The summed E-state index contributed by atoms with van der Waals surface area (Å²) in [5.41, 5.74) is 13.0. The molecule has 1 radical (unpaired) electrons. The van der Waals surface area contributed by atoms with Crippen molar-refractivity contribution < 1.29 is 4.39 Å². The average Bonchev–Trinajstić information content (AvgIpc) is 2.95. The Labute approximate surface area is 142 Å². The normalized spacial score (nSPS) is 11.1. The number of fused-ring (bicyclic) bond motifs is 1. The van der Waals surface area contributed by atoms with Gasteiger partial charge in [0.05, 0.1) is 18.0 Å². The van der Waals surface area contributed by atoms with Gasteiger partial charge in [0.1, 0.15) is 23.1 Å². The van der Waals surface area contributed by atoms with Gasteiger partial charge in [-0.25, -0.2) is 24.0 Å². The molecule has 4 rings (SSSR count). The first-order valence-corrected chi connectivity index (χ1v) is 7.49. The van der Waals surface area contributed by atoms with Crippen LogP contribution in [0.4, 0.5) is 16.0 Å². The number of hydrogen-bond donors (Lipinski definition) is 2. The van der Waals surface area contributed by atoms with E-state index < -0.39 is 0 Å². The molecule has 0 unspecified atom stereocenters. The third kappa shape index (κ3) is 2.74. The number of aromatic nitrogens is 5. The van der Waals surface area contributed by atoms with E-state index in [4.69, 9.17) is 11.5 Å². The molecule has 0 aliphatic carbocycles. The number of pyridine rings is 1.